The second kappa shape index (κ2) is 12.6. The summed E-state index contributed by atoms with van der Waals surface area (Å²) in [5, 5.41) is 52.8. The molecular formula is C9H15NaO9. The minimum Gasteiger partial charge on any atom is -0.542 e. The van der Waals surface area contributed by atoms with Crippen molar-refractivity contribution in [2.45, 2.75) is 31.3 Å². The maximum atomic E-state index is 9.90. The number of carbonyl (C=O) groups is 3. The minimum absolute atomic E-state index is 0. The largest absolute Gasteiger partial charge is 1.00 e. The van der Waals surface area contributed by atoms with E-state index in [4.69, 9.17) is 25.5 Å². The van der Waals surface area contributed by atoms with E-state index >= 15 is 0 Å². The molecule has 0 rings (SSSR count). The Morgan fingerprint density at radius 2 is 1.53 bits per heavy atom. The molecule has 9 nitrogen and oxygen atoms in total. The number of ketones is 1. The molecule has 0 spiro atoms. The van der Waals surface area contributed by atoms with Gasteiger partial charge in [0.25, 0.3) is 0 Å². The van der Waals surface area contributed by atoms with Crippen molar-refractivity contribution in [1.29, 1.82) is 0 Å². The monoisotopic (exact) mass is 290 g/mol. The molecule has 0 heterocycles. The summed E-state index contributed by atoms with van der Waals surface area (Å²) in [7, 11) is 0. The summed E-state index contributed by atoms with van der Waals surface area (Å²) in [4.78, 5) is 28.6. The van der Waals surface area contributed by atoms with Crippen LogP contribution >= 0.6 is 0 Å². The van der Waals surface area contributed by atoms with E-state index in [0.29, 0.717) is 0 Å². The Balaban J connectivity index is -0.000000313. The van der Waals surface area contributed by atoms with Gasteiger partial charge in [0.1, 0.15) is 30.4 Å². The van der Waals surface area contributed by atoms with Gasteiger partial charge in [0, 0.05) is 6.92 Å². The van der Waals surface area contributed by atoms with E-state index < -0.39 is 42.8 Å². The summed E-state index contributed by atoms with van der Waals surface area (Å²) < 4.78 is 0. The number of carboxylic acid groups (broad SMARTS) is 1. The summed E-state index contributed by atoms with van der Waals surface area (Å²) >= 11 is 0. The van der Waals surface area contributed by atoms with Crippen LogP contribution in [0.2, 0.25) is 0 Å². The molecule has 0 radical (unpaired) electrons. The van der Waals surface area contributed by atoms with Crippen molar-refractivity contribution >= 4 is 18.0 Å². The summed E-state index contributed by atoms with van der Waals surface area (Å²) in [6, 6.07) is 0. The van der Waals surface area contributed by atoms with Crippen molar-refractivity contribution in [3.05, 3.63) is 0 Å². The smallest absolute Gasteiger partial charge is 0.542 e. The van der Waals surface area contributed by atoms with Gasteiger partial charge in [-0.3, -0.25) is 4.79 Å². The number of rotatable bonds is 6. The zero-order valence-electron chi connectivity index (χ0n) is 10.5. The zero-order chi connectivity index (χ0) is 14.9. The van der Waals surface area contributed by atoms with Crippen LogP contribution in [0, 0.1) is 0 Å². The Kier molecular flexibility index (Phi) is 15.7. The molecule has 5 N–H and O–H groups in total. The van der Waals surface area contributed by atoms with Crippen LogP contribution in [0.1, 0.15) is 6.92 Å². The molecule has 0 saturated heterocycles. The van der Waals surface area contributed by atoms with Gasteiger partial charge in [-0.05, 0) is 0 Å². The van der Waals surface area contributed by atoms with Crippen LogP contribution in [0.4, 0.5) is 0 Å². The fourth-order valence-electron chi connectivity index (χ4n) is 0.618. The first-order valence-electron chi connectivity index (χ1n) is 4.69. The van der Waals surface area contributed by atoms with Gasteiger partial charge in [0.15, 0.2) is 12.1 Å². The number of aliphatic hydroxyl groups is 5. The molecule has 0 amide bonds. The summed E-state index contributed by atoms with van der Waals surface area (Å²) in [6.07, 6.45) is -6.84. The molecule has 0 saturated carbocycles. The van der Waals surface area contributed by atoms with Gasteiger partial charge in [-0.15, -0.1) is 0 Å². The third kappa shape index (κ3) is 11.2. The van der Waals surface area contributed by atoms with Crippen LogP contribution < -0.4 is 34.7 Å². The summed E-state index contributed by atoms with van der Waals surface area (Å²) in [5.74, 6) is -2.56. The van der Waals surface area contributed by atoms with E-state index in [2.05, 4.69) is 0 Å². The van der Waals surface area contributed by atoms with Crippen molar-refractivity contribution in [1.82, 2.24) is 0 Å². The molecule has 10 heteroatoms. The minimum atomic E-state index is -1.79. The molecule has 19 heavy (non-hydrogen) atoms. The van der Waals surface area contributed by atoms with E-state index in [1.165, 1.54) is 0 Å². The SMILES string of the molecule is CC(=O)C(=O)[O-].O=C[C@H](O)[C@@H](O)[C@H](O)[C@H](O)CO.[Na+]. The molecule has 0 bridgehead atoms. The number of hydrogen-bond acceptors (Lipinski definition) is 9. The third-order valence-electron chi connectivity index (χ3n) is 1.71. The maximum Gasteiger partial charge on any atom is 1.00 e. The molecule has 0 aliphatic rings. The van der Waals surface area contributed by atoms with Crippen molar-refractivity contribution < 1.29 is 74.6 Å². The van der Waals surface area contributed by atoms with Gasteiger partial charge in [-0.1, -0.05) is 0 Å². The predicted octanol–water partition coefficient (Wildman–Crippen LogP) is -8.05. The van der Waals surface area contributed by atoms with Crippen LogP contribution in [0.5, 0.6) is 0 Å². The quantitative estimate of drug-likeness (QED) is 0.180. The van der Waals surface area contributed by atoms with Gasteiger partial charge >= 0.3 is 29.6 Å². The number of Topliss-reactive ketones (excluding diaryl/α,β-unsaturated/α-hetero) is 1. The molecule has 0 aromatic heterocycles. The van der Waals surface area contributed by atoms with E-state index in [9.17, 15) is 19.5 Å². The van der Waals surface area contributed by atoms with Crippen molar-refractivity contribution in [2.24, 2.45) is 0 Å². The number of aliphatic hydroxyl groups excluding tert-OH is 5. The third-order valence-corrected chi connectivity index (χ3v) is 1.71. The van der Waals surface area contributed by atoms with E-state index in [-0.39, 0.29) is 35.8 Å². The molecule has 106 valence electrons. The average molecular weight is 290 g/mol. The first-order valence-corrected chi connectivity index (χ1v) is 4.69. The van der Waals surface area contributed by atoms with Crippen LogP contribution in [0.25, 0.3) is 0 Å². The van der Waals surface area contributed by atoms with E-state index in [1.54, 1.807) is 0 Å². The molecule has 0 aromatic carbocycles. The number of carboxylic acids is 1. The summed E-state index contributed by atoms with van der Waals surface area (Å²) in [5.41, 5.74) is 0. The van der Waals surface area contributed by atoms with Crippen LogP contribution in [-0.2, 0) is 14.4 Å². The van der Waals surface area contributed by atoms with Crippen molar-refractivity contribution in [3.63, 3.8) is 0 Å². The van der Waals surface area contributed by atoms with Crippen LogP contribution in [0.15, 0.2) is 0 Å². The molecule has 0 unspecified atom stereocenters. The van der Waals surface area contributed by atoms with Gasteiger partial charge in [0.2, 0.25) is 0 Å². The van der Waals surface area contributed by atoms with E-state index in [0.717, 1.165) is 6.92 Å². The number of hydrogen-bond donors (Lipinski definition) is 5. The maximum absolute atomic E-state index is 9.90. The average Bonchev–Trinajstić information content (AvgIpc) is 2.35. The number of carbonyl (C=O) groups excluding carboxylic acids is 3. The topological polar surface area (TPSA) is 175 Å². The molecule has 0 aliphatic heterocycles. The van der Waals surface area contributed by atoms with Gasteiger partial charge in [-0.2, -0.15) is 0 Å². The Bertz CT molecular complexity index is 271. The molecule has 0 aliphatic carbocycles. The summed E-state index contributed by atoms with van der Waals surface area (Å²) in [6.45, 7) is 0.180. The zero-order valence-corrected chi connectivity index (χ0v) is 12.5. The Morgan fingerprint density at radius 1 is 1.16 bits per heavy atom. The molecule has 4 atom stereocenters. The number of aldehydes is 1. The normalized spacial score (nSPS) is 15.7. The fourth-order valence-corrected chi connectivity index (χ4v) is 0.618. The molecule has 0 aromatic rings. The van der Waals surface area contributed by atoms with Gasteiger partial charge < -0.3 is 40.2 Å². The van der Waals surface area contributed by atoms with Gasteiger partial charge in [0.05, 0.1) is 6.61 Å². The number of aliphatic carboxylic acids is 1. The second-order valence-corrected chi connectivity index (χ2v) is 3.20. The molecule has 0 fully saturated rings. The van der Waals surface area contributed by atoms with E-state index in [1.807, 2.05) is 0 Å². The van der Waals surface area contributed by atoms with Crippen LogP contribution in [-0.4, -0.2) is 74.6 Å². The Hall–Kier alpha value is -0.390. The Morgan fingerprint density at radius 3 is 1.74 bits per heavy atom. The van der Waals surface area contributed by atoms with Crippen molar-refractivity contribution in [2.75, 3.05) is 6.61 Å². The molecular weight excluding hydrogens is 275 g/mol. The fraction of sp³-hybridized carbons (Fsp3) is 0.667. The van der Waals surface area contributed by atoms with Gasteiger partial charge in [-0.25, -0.2) is 0 Å². The standard InChI is InChI=1S/C6H12O6.C3H4O3.Na/c7-1-3(9)5(11)6(12)4(10)2-8;1-2(4)3(5)6;/h1,3-6,8-12H,2H2;1H3,(H,5,6);/q;;+1/p-1/t3-,4+,5+,6+;;/m0../s1. The second-order valence-electron chi connectivity index (χ2n) is 3.20. The Labute approximate surface area is 130 Å². The first kappa shape index (κ1) is 23.7. The van der Waals surface area contributed by atoms with Crippen LogP contribution in [0.3, 0.4) is 0 Å². The van der Waals surface area contributed by atoms with Crippen molar-refractivity contribution in [3.8, 4) is 0 Å². The first-order chi connectivity index (χ1) is 8.18. The predicted molar refractivity (Wildman–Crippen MR) is 52.9 cm³/mol.